The van der Waals surface area contributed by atoms with Crippen LogP contribution in [0, 0.1) is 10.1 Å². The second-order valence-corrected chi connectivity index (χ2v) is 4.69. The van der Waals surface area contributed by atoms with Crippen molar-refractivity contribution in [3.05, 3.63) is 33.3 Å². The average molecular weight is 304 g/mol. The van der Waals surface area contributed by atoms with Crippen molar-refractivity contribution in [2.75, 3.05) is 19.0 Å². The molecular weight excluding hydrogens is 290 g/mol. The van der Waals surface area contributed by atoms with Gasteiger partial charge in [0.25, 0.3) is 5.69 Å². The zero-order valence-corrected chi connectivity index (χ0v) is 12.0. The molecule has 0 saturated carbocycles. The van der Waals surface area contributed by atoms with E-state index in [4.69, 9.17) is 28.6 Å². The van der Waals surface area contributed by atoms with Gasteiger partial charge in [0.15, 0.2) is 5.11 Å². The fraction of sp³-hybridized carbons (Fsp3) is 0.364. The average Bonchev–Trinajstić information content (AvgIpc) is 2.31. The third kappa shape index (κ3) is 4.98. The van der Waals surface area contributed by atoms with E-state index in [2.05, 4.69) is 10.6 Å². The van der Waals surface area contributed by atoms with Crippen LogP contribution in [0.15, 0.2) is 18.2 Å². The number of nitrogens with zero attached hydrogens (tertiary/aromatic N) is 1. The second kappa shape index (κ2) is 7.22. The van der Waals surface area contributed by atoms with Gasteiger partial charge in [-0.3, -0.25) is 10.1 Å². The standard InChI is InChI=1S/C11H14ClN3O3S/c1-7(6-18-2)13-11(19)14-8-3-4-9(12)10(5-8)15(16)17/h3-5,7H,6H2,1-2H3,(H2,13,14,19). The predicted octanol–water partition coefficient (Wildman–Crippen LogP) is 2.57. The third-order valence-electron chi connectivity index (χ3n) is 2.19. The number of hydrogen-bond donors (Lipinski definition) is 2. The first-order chi connectivity index (χ1) is 8.93. The summed E-state index contributed by atoms with van der Waals surface area (Å²) in [5.41, 5.74) is 0.331. The molecule has 0 fully saturated rings. The maximum atomic E-state index is 10.8. The lowest BCUT2D eigenvalue weighted by Gasteiger charge is -2.16. The number of nitro groups is 1. The number of anilines is 1. The summed E-state index contributed by atoms with van der Waals surface area (Å²) < 4.78 is 4.96. The number of halogens is 1. The summed E-state index contributed by atoms with van der Waals surface area (Å²) in [6.45, 7) is 2.41. The molecule has 0 spiro atoms. The van der Waals surface area contributed by atoms with Gasteiger partial charge in [0.1, 0.15) is 5.02 Å². The van der Waals surface area contributed by atoms with Gasteiger partial charge in [0, 0.05) is 24.9 Å². The van der Waals surface area contributed by atoms with Gasteiger partial charge in [-0.05, 0) is 31.3 Å². The molecule has 0 heterocycles. The van der Waals surface area contributed by atoms with Gasteiger partial charge in [0.05, 0.1) is 11.5 Å². The molecule has 0 aliphatic carbocycles. The van der Waals surface area contributed by atoms with E-state index in [1.807, 2.05) is 6.92 Å². The number of nitro benzene ring substituents is 1. The molecule has 104 valence electrons. The fourth-order valence-corrected chi connectivity index (χ4v) is 1.92. The first-order valence-electron chi connectivity index (χ1n) is 5.44. The number of nitrogens with one attached hydrogen (secondary N) is 2. The molecule has 1 aromatic rings. The number of rotatable bonds is 5. The van der Waals surface area contributed by atoms with Crippen LogP contribution in [-0.2, 0) is 4.74 Å². The maximum absolute atomic E-state index is 10.8. The molecule has 1 rings (SSSR count). The lowest BCUT2D eigenvalue weighted by atomic mass is 10.3. The van der Waals surface area contributed by atoms with E-state index < -0.39 is 4.92 Å². The molecule has 19 heavy (non-hydrogen) atoms. The summed E-state index contributed by atoms with van der Waals surface area (Å²) in [6.07, 6.45) is 0. The molecule has 0 aliphatic heterocycles. The molecular formula is C11H14ClN3O3S. The summed E-state index contributed by atoms with van der Waals surface area (Å²) in [4.78, 5) is 10.2. The Balaban J connectivity index is 2.69. The fourth-order valence-electron chi connectivity index (χ4n) is 1.41. The molecule has 6 nitrogen and oxygen atoms in total. The quantitative estimate of drug-likeness (QED) is 0.494. The van der Waals surface area contributed by atoms with Crippen LogP contribution >= 0.6 is 23.8 Å². The van der Waals surface area contributed by atoms with Crippen molar-refractivity contribution in [1.29, 1.82) is 0 Å². The Hall–Kier alpha value is -1.44. The normalized spacial score (nSPS) is 11.7. The Morgan fingerprint density at radius 1 is 1.63 bits per heavy atom. The number of methoxy groups -OCH3 is 1. The molecule has 1 atom stereocenters. The molecule has 1 unspecified atom stereocenters. The van der Waals surface area contributed by atoms with Crippen LogP contribution in [-0.4, -0.2) is 29.8 Å². The van der Waals surface area contributed by atoms with E-state index in [1.54, 1.807) is 13.2 Å². The highest BCUT2D eigenvalue weighted by Gasteiger charge is 2.13. The van der Waals surface area contributed by atoms with E-state index in [0.29, 0.717) is 17.4 Å². The Morgan fingerprint density at radius 2 is 2.32 bits per heavy atom. The lowest BCUT2D eigenvalue weighted by molar-refractivity contribution is -0.384. The van der Waals surface area contributed by atoms with Crippen LogP contribution in [0.25, 0.3) is 0 Å². The molecule has 0 aromatic heterocycles. The first-order valence-corrected chi connectivity index (χ1v) is 6.23. The molecule has 1 aromatic carbocycles. The van der Waals surface area contributed by atoms with Crippen LogP contribution in [0.2, 0.25) is 5.02 Å². The molecule has 0 amide bonds. The van der Waals surface area contributed by atoms with Crippen molar-refractivity contribution in [3.63, 3.8) is 0 Å². The van der Waals surface area contributed by atoms with Gasteiger partial charge in [-0.25, -0.2) is 0 Å². The summed E-state index contributed by atoms with van der Waals surface area (Å²) >= 11 is 10.8. The van der Waals surface area contributed by atoms with Crippen LogP contribution in [0.1, 0.15) is 6.92 Å². The minimum Gasteiger partial charge on any atom is -0.383 e. The van der Waals surface area contributed by atoms with Crippen molar-refractivity contribution in [2.24, 2.45) is 0 Å². The van der Waals surface area contributed by atoms with Crippen molar-refractivity contribution in [3.8, 4) is 0 Å². The number of thiocarbonyl (C=S) groups is 1. The van der Waals surface area contributed by atoms with Gasteiger partial charge in [-0.1, -0.05) is 11.6 Å². The predicted molar refractivity (Wildman–Crippen MR) is 78.8 cm³/mol. The van der Waals surface area contributed by atoms with Gasteiger partial charge >= 0.3 is 0 Å². The summed E-state index contributed by atoms with van der Waals surface area (Å²) in [7, 11) is 1.59. The van der Waals surface area contributed by atoms with E-state index >= 15 is 0 Å². The van der Waals surface area contributed by atoms with E-state index in [-0.39, 0.29) is 16.8 Å². The third-order valence-corrected chi connectivity index (χ3v) is 2.73. The topological polar surface area (TPSA) is 76.4 Å². The number of ether oxygens (including phenoxy) is 1. The van der Waals surface area contributed by atoms with Crippen LogP contribution in [0.4, 0.5) is 11.4 Å². The van der Waals surface area contributed by atoms with E-state index in [0.717, 1.165) is 0 Å². The van der Waals surface area contributed by atoms with E-state index in [1.165, 1.54) is 12.1 Å². The summed E-state index contributed by atoms with van der Waals surface area (Å²) in [5.74, 6) is 0. The monoisotopic (exact) mass is 303 g/mol. The Bertz CT molecular complexity index is 484. The Labute approximate surface area is 121 Å². The van der Waals surface area contributed by atoms with Crippen LogP contribution in [0.3, 0.4) is 0 Å². The number of hydrogen-bond acceptors (Lipinski definition) is 4. The zero-order valence-electron chi connectivity index (χ0n) is 10.5. The molecule has 0 saturated heterocycles. The first kappa shape index (κ1) is 15.6. The van der Waals surface area contributed by atoms with Gasteiger partial charge in [-0.15, -0.1) is 0 Å². The highest BCUT2D eigenvalue weighted by molar-refractivity contribution is 7.80. The zero-order chi connectivity index (χ0) is 14.4. The summed E-state index contributed by atoms with van der Waals surface area (Å²) in [5, 5.41) is 17.0. The molecule has 2 N–H and O–H groups in total. The van der Waals surface area contributed by atoms with Crippen molar-refractivity contribution in [1.82, 2.24) is 5.32 Å². The summed E-state index contributed by atoms with van der Waals surface area (Å²) in [6, 6.07) is 4.43. The highest BCUT2D eigenvalue weighted by Crippen LogP contribution is 2.27. The highest BCUT2D eigenvalue weighted by atomic mass is 35.5. The lowest BCUT2D eigenvalue weighted by Crippen LogP contribution is -2.38. The van der Waals surface area contributed by atoms with Gasteiger partial charge in [0.2, 0.25) is 0 Å². The number of benzene rings is 1. The van der Waals surface area contributed by atoms with Gasteiger partial charge in [-0.2, -0.15) is 0 Å². The maximum Gasteiger partial charge on any atom is 0.289 e. The molecule has 0 bridgehead atoms. The molecule has 8 heteroatoms. The second-order valence-electron chi connectivity index (χ2n) is 3.88. The minimum absolute atomic E-state index is 0.0345. The molecule has 0 radical (unpaired) electrons. The van der Waals surface area contributed by atoms with Crippen LogP contribution in [0.5, 0.6) is 0 Å². The SMILES string of the molecule is COCC(C)NC(=S)Nc1ccc(Cl)c([N+](=O)[O-])c1. The minimum atomic E-state index is -0.544. The van der Waals surface area contributed by atoms with Crippen molar-refractivity contribution in [2.45, 2.75) is 13.0 Å². The Kier molecular flexibility index (Phi) is 5.94. The van der Waals surface area contributed by atoms with E-state index in [9.17, 15) is 10.1 Å². The van der Waals surface area contributed by atoms with Crippen molar-refractivity contribution >= 4 is 40.3 Å². The Morgan fingerprint density at radius 3 is 2.89 bits per heavy atom. The van der Waals surface area contributed by atoms with Crippen molar-refractivity contribution < 1.29 is 9.66 Å². The largest absolute Gasteiger partial charge is 0.383 e. The van der Waals surface area contributed by atoms with Gasteiger partial charge < -0.3 is 15.4 Å². The smallest absolute Gasteiger partial charge is 0.289 e. The van der Waals surface area contributed by atoms with Crippen LogP contribution < -0.4 is 10.6 Å². The molecule has 0 aliphatic rings.